The standard InChI is InChI=1S/C14H20N2O3S/c1-8-4-6-16(7-5-8)13-10(14(18)19-3)11(15)12(20-13)9(2)17/h8H,4-7,15H2,1-3H3. The summed E-state index contributed by atoms with van der Waals surface area (Å²) in [5.41, 5.74) is 6.58. The number of carbonyl (C=O) groups excluding carboxylic acids is 2. The molecule has 0 aromatic carbocycles. The average Bonchev–Trinajstić information content (AvgIpc) is 2.76. The van der Waals surface area contributed by atoms with Crippen molar-refractivity contribution < 1.29 is 14.3 Å². The second kappa shape index (κ2) is 5.83. The molecule has 1 aromatic heterocycles. The number of nitrogen functional groups attached to an aromatic ring is 1. The highest BCUT2D eigenvalue weighted by Gasteiger charge is 2.29. The van der Waals surface area contributed by atoms with Gasteiger partial charge in [-0.25, -0.2) is 4.79 Å². The van der Waals surface area contributed by atoms with Crippen LogP contribution < -0.4 is 10.6 Å². The molecule has 0 saturated carbocycles. The van der Waals surface area contributed by atoms with Crippen LogP contribution in [0.5, 0.6) is 0 Å². The Labute approximate surface area is 122 Å². The highest BCUT2D eigenvalue weighted by atomic mass is 32.1. The van der Waals surface area contributed by atoms with Crippen molar-refractivity contribution in [3.63, 3.8) is 0 Å². The molecule has 0 aliphatic carbocycles. The van der Waals surface area contributed by atoms with Crippen molar-refractivity contribution in [2.45, 2.75) is 26.7 Å². The molecule has 0 radical (unpaired) electrons. The number of anilines is 2. The van der Waals surface area contributed by atoms with Gasteiger partial charge in [-0.15, -0.1) is 11.3 Å². The molecule has 0 bridgehead atoms. The maximum atomic E-state index is 12.0. The summed E-state index contributed by atoms with van der Waals surface area (Å²) >= 11 is 1.30. The van der Waals surface area contributed by atoms with Crippen molar-refractivity contribution in [2.24, 2.45) is 5.92 Å². The fourth-order valence-corrected chi connectivity index (χ4v) is 3.58. The van der Waals surface area contributed by atoms with Gasteiger partial charge in [-0.3, -0.25) is 4.79 Å². The van der Waals surface area contributed by atoms with Crippen LogP contribution in [-0.4, -0.2) is 32.0 Å². The molecule has 0 amide bonds. The minimum Gasteiger partial charge on any atom is -0.465 e. The Hall–Kier alpha value is -1.56. The molecule has 1 fully saturated rings. The minimum atomic E-state index is -0.472. The number of Topliss-reactive ketones (excluding diaryl/α,β-unsaturated/α-hetero) is 1. The molecule has 1 saturated heterocycles. The topological polar surface area (TPSA) is 72.6 Å². The molecule has 1 aliphatic heterocycles. The van der Waals surface area contributed by atoms with Gasteiger partial charge in [0.1, 0.15) is 10.6 Å². The average molecular weight is 296 g/mol. The summed E-state index contributed by atoms with van der Waals surface area (Å²) in [5.74, 6) is 0.103. The lowest BCUT2D eigenvalue weighted by Crippen LogP contribution is -2.33. The third-order valence-corrected chi connectivity index (χ3v) is 5.07. The highest BCUT2D eigenvalue weighted by molar-refractivity contribution is 7.19. The summed E-state index contributed by atoms with van der Waals surface area (Å²) < 4.78 is 4.81. The fourth-order valence-electron chi connectivity index (χ4n) is 2.43. The number of rotatable bonds is 3. The lowest BCUT2D eigenvalue weighted by molar-refractivity contribution is 0.0603. The van der Waals surface area contributed by atoms with E-state index in [0.717, 1.165) is 30.9 Å². The Morgan fingerprint density at radius 3 is 2.45 bits per heavy atom. The van der Waals surface area contributed by atoms with Crippen molar-refractivity contribution in [1.29, 1.82) is 0 Å². The van der Waals surface area contributed by atoms with E-state index in [1.54, 1.807) is 0 Å². The van der Waals surface area contributed by atoms with E-state index in [1.165, 1.54) is 25.4 Å². The lowest BCUT2D eigenvalue weighted by atomic mass is 9.99. The monoisotopic (exact) mass is 296 g/mol. The van der Waals surface area contributed by atoms with Gasteiger partial charge in [-0.1, -0.05) is 6.92 Å². The summed E-state index contributed by atoms with van der Waals surface area (Å²) in [6.07, 6.45) is 2.15. The lowest BCUT2D eigenvalue weighted by Gasteiger charge is -2.31. The van der Waals surface area contributed by atoms with Gasteiger partial charge >= 0.3 is 5.97 Å². The number of esters is 1. The molecule has 0 spiro atoms. The van der Waals surface area contributed by atoms with Gasteiger partial charge in [0.25, 0.3) is 0 Å². The Morgan fingerprint density at radius 1 is 1.35 bits per heavy atom. The van der Waals surface area contributed by atoms with Crippen LogP contribution in [0.25, 0.3) is 0 Å². The SMILES string of the molecule is COC(=O)c1c(N2CCC(C)CC2)sc(C(C)=O)c1N. The summed E-state index contributed by atoms with van der Waals surface area (Å²) in [5, 5.41) is 0.770. The van der Waals surface area contributed by atoms with Gasteiger partial charge in [0.05, 0.1) is 17.7 Å². The van der Waals surface area contributed by atoms with Crippen LogP contribution in [-0.2, 0) is 4.74 Å². The van der Waals surface area contributed by atoms with Gasteiger partial charge < -0.3 is 15.4 Å². The van der Waals surface area contributed by atoms with Crippen LogP contribution in [0.15, 0.2) is 0 Å². The van der Waals surface area contributed by atoms with Crippen LogP contribution in [0.3, 0.4) is 0 Å². The molecule has 2 rings (SSSR count). The van der Waals surface area contributed by atoms with Crippen LogP contribution in [0.2, 0.25) is 0 Å². The number of hydrogen-bond acceptors (Lipinski definition) is 6. The normalized spacial score (nSPS) is 16.2. The largest absolute Gasteiger partial charge is 0.465 e. The van der Waals surface area contributed by atoms with E-state index in [9.17, 15) is 9.59 Å². The third kappa shape index (κ3) is 2.65. The molecule has 5 nitrogen and oxygen atoms in total. The second-order valence-corrected chi connectivity index (χ2v) is 6.24. The summed E-state index contributed by atoms with van der Waals surface area (Å²) in [6.45, 7) is 5.44. The predicted molar refractivity (Wildman–Crippen MR) is 80.7 cm³/mol. The third-order valence-electron chi connectivity index (χ3n) is 3.71. The van der Waals surface area contributed by atoms with Crippen LogP contribution in [0.4, 0.5) is 10.7 Å². The predicted octanol–water partition coefficient (Wildman–Crippen LogP) is 2.56. The molecule has 0 atom stereocenters. The summed E-state index contributed by atoms with van der Waals surface area (Å²) in [4.78, 5) is 26.2. The maximum Gasteiger partial charge on any atom is 0.343 e. The van der Waals surface area contributed by atoms with E-state index in [0.29, 0.717) is 16.4 Å². The first-order chi connectivity index (χ1) is 9.45. The number of thiophene rings is 1. The molecule has 110 valence electrons. The molecule has 0 unspecified atom stereocenters. The van der Waals surface area contributed by atoms with Crippen molar-refractivity contribution in [1.82, 2.24) is 0 Å². The van der Waals surface area contributed by atoms with Gasteiger partial charge in [0.2, 0.25) is 0 Å². The van der Waals surface area contributed by atoms with Gasteiger partial charge in [0, 0.05) is 20.0 Å². The number of carbonyl (C=O) groups is 2. The number of hydrogen-bond donors (Lipinski definition) is 1. The molecular formula is C14H20N2O3S. The first kappa shape index (κ1) is 14.8. The van der Waals surface area contributed by atoms with E-state index >= 15 is 0 Å². The first-order valence-corrected chi connectivity index (χ1v) is 7.53. The van der Waals surface area contributed by atoms with Gasteiger partial charge in [-0.2, -0.15) is 0 Å². The minimum absolute atomic E-state index is 0.116. The molecule has 1 aromatic rings. The number of ketones is 1. The van der Waals surface area contributed by atoms with Crippen molar-refractivity contribution in [2.75, 3.05) is 30.8 Å². The zero-order valence-corrected chi connectivity index (χ0v) is 12.9. The van der Waals surface area contributed by atoms with E-state index in [-0.39, 0.29) is 11.5 Å². The fraction of sp³-hybridized carbons (Fsp3) is 0.571. The maximum absolute atomic E-state index is 12.0. The summed E-state index contributed by atoms with van der Waals surface area (Å²) in [6, 6.07) is 0. The number of nitrogens with two attached hydrogens (primary N) is 1. The van der Waals surface area contributed by atoms with E-state index in [1.807, 2.05) is 0 Å². The van der Waals surface area contributed by atoms with Gasteiger partial charge in [-0.05, 0) is 18.8 Å². The Bertz CT molecular complexity index is 531. The quantitative estimate of drug-likeness (QED) is 0.685. The van der Waals surface area contributed by atoms with Crippen LogP contribution in [0.1, 0.15) is 46.7 Å². The van der Waals surface area contributed by atoms with Crippen LogP contribution in [0, 0.1) is 5.92 Å². The molecule has 1 aliphatic rings. The van der Waals surface area contributed by atoms with Crippen molar-refractivity contribution in [3.8, 4) is 0 Å². The zero-order chi connectivity index (χ0) is 14.9. The molecule has 2 N–H and O–H groups in total. The summed E-state index contributed by atoms with van der Waals surface area (Å²) in [7, 11) is 1.33. The van der Waals surface area contributed by atoms with Crippen molar-refractivity contribution >= 4 is 33.8 Å². The Balaban J connectivity index is 2.43. The van der Waals surface area contributed by atoms with E-state index < -0.39 is 5.97 Å². The molecule has 20 heavy (non-hydrogen) atoms. The highest BCUT2D eigenvalue weighted by Crippen LogP contribution is 2.40. The van der Waals surface area contributed by atoms with Crippen LogP contribution >= 0.6 is 11.3 Å². The van der Waals surface area contributed by atoms with E-state index in [4.69, 9.17) is 10.5 Å². The molecule has 2 heterocycles. The number of nitrogens with zero attached hydrogens (tertiary/aromatic N) is 1. The Kier molecular flexibility index (Phi) is 4.32. The van der Waals surface area contributed by atoms with E-state index in [2.05, 4.69) is 11.8 Å². The number of ether oxygens (including phenoxy) is 1. The first-order valence-electron chi connectivity index (χ1n) is 6.72. The zero-order valence-electron chi connectivity index (χ0n) is 12.1. The molecular weight excluding hydrogens is 276 g/mol. The van der Waals surface area contributed by atoms with Gasteiger partial charge in [0.15, 0.2) is 5.78 Å². The second-order valence-electron chi connectivity index (χ2n) is 5.24. The van der Waals surface area contributed by atoms with Crippen molar-refractivity contribution in [3.05, 3.63) is 10.4 Å². The smallest absolute Gasteiger partial charge is 0.343 e. The number of methoxy groups -OCH3 is 1. The Morgan fingerprint density at radius 2 is 1.95 bits per heavy atom. The molecule has 6 heteroatoms. The number of piperidine rings is 1.